The van der Waals surface area contributed by atoms with Gasteiger partial charge in [0.1, 0.15) is 5.69 Å². The number of hydrogen-bond donors (Lipinski definition) is 1. The summed E-state index contributed by atoms with van der Waals surface area (Å²) < 4.78 is 0. The average Bonchev–Trinajstić information content (AvgIpc) is 3.21. The zero-order valence-corrected chi connectivity index (χ0v) is 14.2. The molecular formula is C20H15N3OS. The molecule has 0 aliphatic heterocycles. The fraction of sp³-hybridized carbons (Fsp3) is 0.0500. The van der Waals surface area contributed by atoms with E-state index in [1.54, 1.807) is 23.7 Å². The predicted molar refractivity (Wildman–Crippen MR) is 100 cm³/mol. The smallest absolute Gasteiger partial charge is 0.270 e. The van der Waals surface area contributed by atoms with Crippen molar-refractivity contribution in [2.45, 2.75) is 6.54 Å². The van der Waals surface area contributed by atoms with Crippen LogP contribution in [0.25, 0.3) is 22.0 Å². The molecule has 0 spiro atoms. The Kier molecular flexibility index (Phi) is 4.23. The molecule has 0 fully saturated rings. The lowest BCUT2D eigenvalue weighted by Crippen LogP contribution is -2.24. The molecule has 3 heterocycles. The highest BCUT2D eigenvalue weighted by Gasteiger charge is 2.11. The lowest BCUT2D eigenvalue weighted by atomic mass is 10.1. The Morgan fingerprint density at radius 2 is 1.92 bits per heavy atom. The second kappa shape index (κ2) is 6.83. The molecule has 0 radical (unpaired) electrons. The molecule has 4 nitrogen and oxygen atoms in total. The topological polar surface area (TPSA) is 54.9 Å². The number of thiophene rings is 1. The van der Waals surface area contributed by atoms with Crippen molar-refractivity contribution in [2.24, 2.45) is 0 Å². The van der Waals surface area contributed by atoms with Gasteiger partial charge in [0.05, 0.1) is 5.69 Å². The minimum atomic E-state index is -0.175. The first-order valence-electron chi connectivity index (χ1n) is 7.91. The molecule has 0 unspecified atom stereocenters. The summed E-state index contributed by atoms with van der Waals surface area (Å²) in [6.45, 7) is 0.434. The second-order valence-corrected chi connectivity index (χ2v) is 6.40. The molecule has 1 aromatic carbocycles. The Balaban J connectivity index is 1.53. The third kappa shape index (κ3) is 3.27. The maximum absolute atomic E-state index is 12.6. The maximum atomic E-state index is 12.6. The molecular weight excluding hydrogens is 330 g/mol. The van der Waals surface area contributed by atoms with Gasteiger partial charge in [0.25, 0.3) is 5.91 Å². The van der Waals surface area contributed by atoms with E-state index in [2.05, 4.69) is 20.7 Å². The van der Waals surface area contributed by atoms with E-state index in [0.29, 0.717) is 12.2 Å². The van der Waals surface area contributed by atoms with Crippen LogP contribution in [0.2, 0.25) is 0 Å². The van der Waals surface area contributed by atoms with Gasteiger partial charge in [-0.05, 0) is 40.6 Å². The van der Waals surface area contributed by atoms with Gasteiger partial charge in [-0.15, -0.1) is 0 Å². The van der Waals surface area contributed by atoms with Gasteiger partial charge in [0.2, 0.25) is 0 Å². The van der Waals surface area contributed by atoms with Gasteiger partial charge < -0.3 is 5.32 Å². The quantitative estimate of drug-likeness (QED) is 0.600. The minimum absolute atomic E-state index is 0.175. The largest absolute Gasteiger partial charge is 0.347 e. The highest BCUT2D eigenvalue weighted by molar-refractivity contribution is 7.08. The van der Waals surface area contributed by atoms with Crippen LogP contribution in [-0.4, -0.2) is 15.9 Å². The van der Waals surface area contributed by atoms with Crippen LogP contribution in [0, 0.1) is 0 Å². The maximum Gasteiger partial charge on any atom is 0.270 e. The normalized spacial score (nSPS) is 10.7. The lowest BCUT2D eigenvalue weighted by Gasteiger charge is -2.08. The van der Waals surface area contributed by atoms with E-state index < -0.39 is 0 Å². The number of nitrogens with zero attached hydrogens (tertiary/aromatic N) is 2. The van der Waals surface area contributed by atoms with Gasteiger partial charge in [0, 0.05) is 35.3 Å². The number of aromatic nitrogens is 2. The van der Waals surface area contributed by atoms with Gasteiger partial charge in [-0.1, -0.05) is 24.3 Å². The van der Waals surface area contributed by atoms with Crippen LogP contribution in [-0.2, 0) is 6.54 Å². The van der Waals surface area contributed by atoms with E-state index in [9.17, 15) is 4.79 Å². The van der Waals surface area contributed by atoms with Gasteiger partial charge in [-0.2, -0.15) is 11.3 Å². The highest BCUT2D eigenvalue weighted by Crippen LogP contribution is 2.21. The summed E-state index contributed by atoms with van der Waals surface area (Å²) in [4.78, 5) is 21.2. The van der Waals surface area contributed by atoms with Crippen molar-refractivity contribution in [1.82, 2.24) is 15.3 Å². The Bertz CT molecular complexity index is 1020. The molecule has 0 atom stereocenters. The first kappa shape index (κ1) is 15.5. The molecule has 3 aromatic heterocycles. The number of carbonyl (C=O) groups excluding carboxylic acids is 1. The van der Waals surface area contributed by atoms with Crippen molar-refractivity contribution in [3.05, 3.63) is 82.9 Å². The molecule has 0 aliphatic rings. The van der Waals surface area contributed by atoms with Crippen LogP contribution in [0.5, 0.6) is 0 Å². The third-order valence-electron chi connectivity index (χ3n) is 3.98. The zero-order chi connectivity index (χ0) is 17.1. The van der Waals surface area contributed by atoms with Crippen LogP contribution in [0.4, 0.5) is 0 Å². The minimum Gasteiger partial charge on any atom is -0.347 e. The van der Waals surface area contributed by atoms with Crippen molar-refractivity contribution < 1.29 is 4.79 Å². The van der Waals surface area contributed by atoms with E-state index in [1.807, 2.05) is 53.9 Å². The van der Waals surface area contributed by atoms with Gasteiger partial charge in [0.15, 0.2) is 0 Å². The number of nitrogens with one attached hydrogen (secondary N) is 1. The molecule has 4 rings (SSSR count). The number of rotatable bonds is 4. The van der Waals surface area contributed by atoms with Crippen molar-refractivity contribution in [2.75, 3.05) is 0 Å². The Hall–Kier alpha value is -3.05. The molecule has 0 saturated heterocycles. The number of amides is 1. The Morgan fingerprint density at radius 1 is 1.04 bits per heavy atom. The first-order chi connectivity index (χ1) is 12.3. The Morgan fingerprint density at radius 3 is 2.80 bits per heavy atom. The van der Waals surface area contributed by atoms with Gasteiger partial charge in [-0.3, -0.25) is 14.8 Å². The molecule has 0 aliphatic carbocycles. The zero-order valence-electron chi connectivity index (χ0n) is 13.3. The number of fused-ring (bicyclic) bond motifs is 1. The monoisotopic (exact) mass is 345 g/mol. The second-order valence-electron chi connectivity index (χ2n) is 5.62. The predicted octanol–water partition coefficient (Wildman–Crippen LogP) is 4.29. The summed E-state index contributed by atoms with van der Waals surface area (Å²) in [6, 6.07) is 15.6. The average molecular weight is 345 g/mol. The van der Waals surface area contributed by atoms with E-state index in [1.165, 1.54) is 0 Å². The fourth-order valence-electron chi connectivity index (χ4n) is 2.72. The summed E-state index contributed by atoms with van der Waals surface area (Å²) in [5.74, 6) is -0.175. The molecule has 4 aromatic rings. The number of carbonyl (C=O) groups is 1. The molecule has 1 N–H and O–H groups in total. The van der Waals surface area contributed by atoms with Gasteiger partial charge >= 0.3 is 0 Å². The van der Waals surface area contributed by atoms with Crippen LogP contribution < -0.4 is 5.32 Å². The van der Waals surface area contributed by atoms with Crippen LogP contribution in [0.15, 0.2) is 71.7 Å². The third-order valence-corrected chi connectivity index (χ3v) is 4.67. The SMILES string of the molecule is O=C(NCc1ccnc(-c2ccsc2)c1)c1nccc2ccccc12. The van der Waals surface area contributed by atoms with Crippen molar-refractivity contribution in [1.29, 1.82) is 0 Å². The van der Waals surface area contributed by atoms with E-state index in [4.69, 9.17) is 0 Å². The van der Waals surface area contributed by atoms with Gasteiger partial charge in [-0.25, -0.2) is 0 Å². The Labute approximate surface area is 149 Å². The molecule has 122 valence electrons. The summed E-state index contributed by atoms with van der Waals surface area (Å²) in [5, 5.41) is 8.90. The first-order valence-corrected chi connectivity index (χ1v) is 8.85. The van der Waals surface area contributed by atoms with E-state index in [-0.39, 0.29) is 5.91 Å². The number of benzene rings is 1. The summed E-state index contributed by atoms with van der Waals surface area (Å²) in [6.07, 6.45) is 3.43. The number of pyridine rings is 2. The molecule has 1 amide bonds. The molecule has 0 bridgehead atoms. The van der Waals surface area contributed by atoms with Crippen LogP contribution >= 0.6 is 11.3 Å². The molecule has 25 heavy (non-hydrogen) atoms. The summed E-state index contributed by atoms with van der Waals surface area (Å²) in [7, 11) is 0. The van der Waals surface area contributed by atoms with Crippen LogP contribution in [0.1, 0.15) is 16.1 Å². The van der Waals surface area contributed by atoms with Crippen LogP contribution in [0.3, 0.4) is 0 Å². The molecule has 5 heteroatoms. The lowest BCUT2D eigenvalue weighted by molar-refractivity contribution is 0.0948. The highest BCUT2D eigenvalue weighted by atomic mass is 32.1. The molecule has 0 saturated carbocycles. The summed E-state index contributed by atoms with van der Waals surface area (Å²) >= 11 is 1.64. The van der Waals surface area contributed by atoms with Crippen molar-refractivity contribution in [3.8, 4) is 11.3 Å². The fourth-order valence-corrected chi connectivity index (χ4v) is 3.37. The number of hydrogen-bond acceptors (Lipinski definition) is 4. The van der Waals surface area contributed by atoms with Crippen molar-refractivity contribution >= 4 is 28.0 Å². The van der Waals surface area contributed by atoms with E-state index >= 15 is 0 Å². The van der Waals surface area contributed by atoms with E-state index in [0.717, 1.165) is 27.6 Å². The summed E-state index contributed by atoms with van der Waals surface area (Å²) in [5.41, 5.74) is 3.46. The van der Waals surface area contributed by atoms with Crippen molar-refractivity contribution in [3.63, 3.8) is 0 Å². The standard InChI is InChI=1S/C20H15N3OS/c24-20(19-17-4-2-1-3-15(17)6-9-22-19)23-12-14-5-8-21-18(11-14)16-7-10-25-13-16/h1-11,13H,12H2,(H,23,24).